The number of aryl methyl sites for hydroxylation is 2. The Bertz CT molecular complexity index is 478. The van der Waals surface area contributed by atoms with Gasteiger partial charge in [-0.3, -0.25) is 0 Å². The Morgan fingerprint density at radius 1 is 1.32 bits per heavy atom. The lowest BCUT2D eigenvalue weighted by molar-refractivity contribution is 0.602. The summed E-state index contributed by atoms with van der Waals surface area (Å²) in [4.78, 5) is 7.30. The van der Waals surface area contributed by atoms with Crippen molar-refractivity contribution in [3.05, 3.63) is 34.8 Å². The standard InChI is InChI=1S/C13H16Br2N2S2/c1-4-5-16-11(10-6-9(14)12(15)19-10)13-17-7(2)8(3)18-13/h6,11,16H,4-5H2,1-3H3. The fraction of sp³-hybridized carbons (Fsp3) is 0.462. The first kappa shape index (κ1) is 15.6. The van der Waals surface area contributed by atoms with Crippen molar-refractivity contribution < 1.29 is 0 Å². The average molecular weight is 424 g/mol. The summed E-state index contributed by atoms with van der Waals surface area (Å²) in [6.45, 7) is 7.39. The molecule has 0 radical (unpaired) electrons. The Labute approximate surface area is 138 Å². The SMILES string of the molecule is CCCNC(c1cc(Br)c(Br)s1)c1nc(C)c(C)s1. The van der Waals surface area contributed by atoms with E-state index in [1.54, 1.807) is 22.7 Å². The van der Waals surface area contributed by atoms with Crippen molar-refractivity contribution in [3.8, 4) is 0 Å². The minimum atomic E-state index is 0.199. The van der Waals surface area contributed by atoms with Crippen LogP contribution in [0.1, 0.15) is 39.8 Å². The molecule has 2 nitrogen and oxygen atoms in total. The molecule has 6 heteroatoms. The van der Waals surface area contributed by atoms with Crippen molar-refractivity contribution in [1.82, 2.24) is 10.3 Å². The third-order valence-corrected chi connectivity index (χ3v) is 7.30. The molecule has 0 aliphatic rings. The highest BCUT2D eigenvalue weighted by Crippen LogP contribution is 2.38. The topological polar surface area (TPSA) is 24.9 Å². The highest BCUT2D eigenvalue weighted by molar-refractivity contribution is 9.13. The predicted molar refractivity (Wildman–Crippen MR) is 91.4 cm³/mol. The molecule has 0 spiro atoms. The van der Waals surface area contributed by atoms with Gasteiger partial charge >= 0.3 is 0 Å². The maximum absolute atomic E-state index is 4.71. The summed E-state index contributed by atoms with van der Waals surface area (Å²) in [6, 6.07) is 2.37. The molecule has 0 aliphatic carbocycles. The molecule has 0 aliphatic heterocycles. The smallest absolute Gasteiger partial charge is 0.115 e. The third kappa shape index (κ3) is 3.67. The maximum Gasteiger partial charge on any atom is 0.115 e. The Morgan fingerprint density at radius 2 is 2.05 bits per heavy atom. The molecule has 2 rings (SSSR count). The molecule has 104 valence electrons. The summed E-state index contributed by atoms with van der Waals surface area (Å²) in [7, 11) is 0. The number of nitrogens with zero attached hydrogens (tertiary/aromatic N) is 1. The van der Waals surface area contributed by atoms with Crippen molar-refractivity contribution in [2.75, 3.05) is 6.54 Å². The van der Waals surface area contributed by atoms with Gasteiger partial charge in [-0.15, -0.1) is 22.7 Å². The zero-order valence-electron chi connectivity index (χ0n) is 11.1. The molecule has 0 fully saturated rings. The molecule has 0 saturated heterocycles. The molecule has 2 aromatic heterocycles. The molecule has 0 amide bonds. The lowest BCUT2D eigenvalue weighted by Gasteiger charge is -2.14. The normalized spacial score (nSPS) is 12.9. The number of rotatable bonds is 5. The van der Waals surface area contributed by atoms with Gasteiger partial charge in [0.05, 0.1) is 15.5 Å². The van der Waals surface area contributed by atoms with Gasteiger partial charge in [0.1, 0.15) is 5.01 Å². The highest BCUT2D eigenvalue weighted by Gasteiger charge is 2.21. The van der Waals surface area contributed by atoms with Crippen LogP contribution >= 0.6 is 54.5 Å². The van der Waals surface area contributed by atoms with Crippen LogP contribution in [0, 0.1) is 13.8 Å². The van der Waals surface area contributed by atoms with E-state index in [2.05, 4.69) is 64.0 Å². The summed E-state index contributed by atoms with van der Waals surface area (Å²) in [5.74, 6) is 0. The Hall–Kier alpha value is 0.250. The molecule has 0 bridgehead atoms. The summed E-state index contributed by atoms with van der Waals surface area (Å²) in [5.41, 5.74) is 1.14. The molecule has 2 heterocycles. The molecule has 2 aromatic rings. The molecule has 1 N–H and O–H groups in total. The highest BCUT2D eigenvalue weighted by atomic mass is 79.9. The fourth-order valence-corrected chi connectivity index (χ4v) is 4.99. The second kappa shape index (κ2) is 6.80. The number of thiophene rings is 1. The quantitative estimate of drug-likeness (QED) is 0.692. The average Bonchev–Trinajstić information content (AvgIpc) is 2.85. The van der Waals surface area contributed by atoms with Crippen LogP contribution in [0.3, 0.4) is 0 Å². The van der Waals surface area contributed by atoms with E-state index in [-0.39, 0.29) is 6.04 Å². The minimum absolute atomic E-state index is 0.199. The van der Waals surface area contributed by atoms with E-state index in [9.17, 15) is 0 Å². The second-order valence-electron chi connectivity index (χ2n) is 4.35. The van der Waals surface area contributed by atoms with Crippen LogP contribution in [0.15, 0.2) is 14.3 Å². The van der Waals surface area contributed by atoms with Gasteiger partial charge in [0.2, 0.25) is 0 Å². The zero-order chi connectivity index (χ0) is 14.0. The predicted octanol–water partition coefficient (Wildman–Crippen LogP) is 5.44. The summed E-state index contributed by atoms with van der Waals surface area (Å²) in [6.07, 6.45) is 1.12. The number of halogens is 2. The first-order chi connectivity index (χ1) is 9.02. The van der Waals surface area contributed by atoms with Crippen LogP contribution in [0.2, 0.25) is 0 Å². The first-order valence-corrected chi connectivity index (χ1v) is 9.36. The monoisotopic (exact) mass is 422 g/mol. The van der Waals surface area contributed by atoms with Crippen LogP contribution in [0.5, 0.6) is 0 Å². The van der Waals surface area contributed by atoms with Gasteiger partial charge < -0.3 is 5.32 Å². The largest absolute Gasteiger partial charge is 0.304 e. The van der Waals surface area contributed by atoms with Crippen LogP contribution in [-0.2, 0) is 0 Å². The van der Waals surface area contributed by atoms with E-state index in [1.807, 2.05) is 0 Å². The van der Waals surface area contributed by atoms with E-state index >= 15 is 0 Å². The number of hydrogen-bond acceptors (Lipinski definition) is 4. The second-order valence-corrected chi connectivity index (χ2v) is 8.84. The van der Waals surface area contributed by atoms with Gasteiger partial charge in [-0.2, -0.15) is 0 Å². The first-order valence-electron chi connectivity index (χ1n) is 6.15. The van der Waals surface area contributed by atoms with Crippen molar-refractivity contribution in [2.24, 2.45) is 0 Å². The van der Waals surface area contributed by atoms with Crippen LogP contribution in [-0.4, -0.2) is 11.5 Å². The van der Waals surface area contributed by atoms with Crippen molar-refractivity contribution in [3.63, 3.8) is 0 Å². The Balaban J connectivity index is 2.34. The van der Waals surface area contributed by atoms with Crippen LogP contribution in [0.25, 0.3) is 0 Å². The molecule has 0 aromatic carbocycles. The van der Waals surface area contributed by atoms with Crippen molar-refractivity contribution in [1.29, 1.82) is 0 Å². The summed E-state index contributed by atoms with van der Waals surface area (Å²) < 4.78 is 2.25. The lowest BCUT2D eigenvalue weighted by Crippen LogP contribution is -2.22. The van der Waals surface area contributed by atoms with Crippen LogP contribution in [0.4, 0.5) is 0 Å². The summed E-state index contributed by atoms with van der Waals surface area (Å²) >= 11 is 10.7. The zero-order valence-corrected chi connectivity index (χ0v) is 15.9. The molecule has 0 saturated carbocycles. The Morgan fingerprint density at radius 3 is 2.53 bits per heavy atom. The van der Waals surface area contributed by atoms with Gasteiger partial charge in [-0.1, -0.05) is 6.92 Å². The van der Waals surface area contributed by atoms with E-state index in [1.165, 1.54) is 9.75 Å². The Kier molecular flexibility index (Phi) is 5.60. The number of nitrogens with one attached hydrogen (secondary N) is 1. The van der Waals surface area contributed by atoms with Gasteiger partial charge in [0.15, 0.2) is 0 Å². The number of hydrogen-bond donors (Lipinski definition) is 1. The van der Waals surface area contributed by atoms with E-state index in [0.29, 0.717) is 0 Å². The fourth-order valence-electron chi connectivity index (χ4n) is 1.72. The number of aromatic nitrogens is 1. The maximum atomic E-state index is 4.71. The third-order valence-electron chi connectivity index (χ3n) is 2.84. The molecular weight excluding hydrogens is 408 g/mol. The van der Waals surface area contributed by atoms with Crippen molar-refractivity contribution >= 4 is 54.5 Å². The van der Waals surface area contributed by atoms with E-state index < -0.39 is 0 Å². The van der Waals surface area contributed by atoms with E-state index in [4.69, 9.17) is 4.98 Å². The molecule has 1 atom stereocenters. The van der Waals surface area contributed by atoms with Crippen molar-refractivity contribution in [2.45, 2.75) is 33.2 Å². The van der Waals surface area contributed by atoms with Gasteiger partial charge in [0.25, 0.3) is 0 Å². The lowest BCUT2D eigenvalue weighted by atomic mass is 10.2. The van der Waals surface area contributed by atoms with Gasteiger partial charge in [-0.25, -0.2) is 4.98 Å². The molecule has 1 unspecified atom stereocenters. The number of thiazole rings is 1. The molecule has 19 heavy (non-hydrogen) atoms. The van der Waals surface area contributed by atoms with Crippen LogP contribution < -0.4 is 5.32 Å². The van der Waals surface area contributed by atoms with Gasteiger partial charge in [-0.05, 0) is 64.7 Å². The minimum Gasteiger partial charge on any atom is -0.304 e. The van der Waals surface area contributed by atoms with Gasteiger partial charge in [0, 0.05) is 14.2 Å². The molecular formula is C13H16Br2N2S2. The van der Waals surface area contributed by atoms with E-state index in [0.717, 1.165) is 31.9 Å². The summed E-state index contributed by atoms with van der Waals surface area (Å²) in [5, 5.41) is 4.76.